The molecule has 5 nitrogen and oxygen atoms in total. The molecule has 0 bridgehead atoms. The number of nitrogens with zero attached hydrogens (tertiary/aromatic N) is 1. The molecule has 0 radical (unpaired) electrons. The monoisotopic (exact) mass is 299 g/mol. The van der Waals surface area contributed by atoms with Crippen molar-refractivity contribution in [2.24, 2.45) is 11.7 Å². The Labute approximate surface area is 120 Å². The predicted molar refractivity (Wildman–Crippen MR) is 78.1 cm³/mol. The van der Waals surface area contributed by atoms with Gasteiger partial charge in [-0.2, -0.15) is 0 Å². The molecule has 1 aliphatic rings. The molecule has 0 saturated heterocycles. The Hall–Kier alpha value is -1.08. The fourth-order valence-corrected chi connectivity index (χ4v) is 3.56. The number of amides is 2. The lowest BCUT2D eigenvalue weighted by molar-refractivity contribution is -0.119. The summed E-state index contributed by atoms with van der Waals surface area (Å²) in [4.78, 5) is 26.9. The second-order valence-corrected chi connectivity index (χ2v) is 6.42. The van der Waals surface area contributed by atoms with Gasteiger partial charge in [-0.15, -0.1) is 23.1 Å². The third-order valence-electron chi connectivity index (χ3n) is 3.00. The molecular weight excluding hydrogens is 282 g/mol. The Morgan fingerprint density at radius 3 is 2.89 bits per heavy atom. The first kappa shape index (κ1) is 14.3. The summed E-state index contributed by atoms with van der Waals surface area (Å²) >= 11 is 2.85. The number of hydrogen-bond acceptors (Lipinski definition) is 5. The summed E-state index contributed by atoms with van der Waals surface area (Å²) in [5, 5.41) is 5.42. The molecule has 1 aliphatic carbocycles. The molecule has 1 saturated carbocycles. The van der Waals surface area contributed by atoms with Gasteiger partial charge in [0.05, 0.1) is 11.4 Å². The number of thioether (sulfide) groups is 1. The molecule has 1 heterocycles. The smallest absolute Gasteiger partial charge is 0.229 e. The normalized spacial score (nSPS) is 15.6. The van der Waals surface area contributed by atoms with E-state index in [-0.39, 0.29) is 17.7 Å². The standard InChI is InChI=1S/C12H17N3O2S2/c13-10(16)7-18-5-9-6-19-12(14-9)15-11(17)8-3-1-2-4-8/h6,8H,1-5,7H2,(H2,13,16)(H,14,15,17). The zero-order valence-corrected chi connectivity index (χ0v) is 12.2. The van der Waals surface area contributed by atoms with Crippen LogP contribution in [0.3, 0.4) is 0 Å². The van der Waals surface area contributed by atoms with Gasteiger partial charge in [0.25, 0.3) is 0 Å². The van der Waals surface area contributed by atoms with Crippen molar-refractivity contribution in [3.63, 3.8) is 0 Å². The summed E-state index contributed by atoms with van der Waals surface area (Å²) in [6, 6.07) is 0. The van der Waals surface area contributed by atoms with Gasteiger partial charge in [-0.05, 0) is 12.8 Å². The topological polar surface area (TPSA) is 85.1 Å². The lowest BCUT2D eigenvalue weighted by Gasteiger charge is -2.07. The predicted octanol–water partition coefficient (Wildman–Crippen LogP) is 1.99. The van der Waals surface area contributed by atoms with Crippen molar-refractivity contribution in [2.75, 3.05) is 11.1 Å². The number of anilines is 1. The summed E-state index contributed by atoms with van der Waals surface area (Å²) in [6.45, 7) is 0. The van der Waals surface area contributed by atoms with Crippen molar-refractivity contribution in [1.29, 1.82) is 0 Å². The number of carbonyl (C=O) groups is 2. The van der Waals surface area contributed by atoms with Gasteiger partial charge < -0.3 is 11.1 Å². The number of carbonyl (C=O) groups excluding carboxylic acids is 2. The summed E-state index contributed by atoms with van der Waals surface area (Å²) in [5.41, 5.74) is 5.94. The molecule has 0 aliphatic heterocycles. The van der Waals surface area contributed by atoms with Crippen LogP contribution in [0.4, 0.5) is 5.13 Å². The number of aromatic nitrogens is 1. The van der Waals surface area contributed by atoms with E-state index >= 15 is 0 Å². The van der Waals surface area contributed by atoms with Gasteiger partial charge in [0, 0.05) is 17.1 Å². The largest absolute Gasteiger partial charge is 0.369 e. The molecular formula is C12H17N3O2S2. The van der Waals surface area contributed by atoms with Crippen LogP contribution in [0, 0.1) is 5.92 Å². The van der Waals surface area contributed by atoms with Crippen LogP contribution < -0.4 is 11.1 Å². The Morgan fingerprint density at radius 1 is 1.47 bits per heavy atom. The molecule has 2 rings (SSSR count). The SMILES string of the molecule is NC(=O)CSCc1csc(NC(=O)C2CCCC2)n1. The van der Waals surface area contributed by atoms with E-state index < -0.39 is 0 Å². The zero-order valence-electron chi connectivity index (χ0n) is 10.6. The van der Waals surface area contributed by atoms with Crippen molar-refractivity contribution in [3.05, 3.63) is 11.1 Å². The average molecular weight is 299 g/mol. The highest BCUT2D eigenvalue weighted by Crippen LogP contribution is 2.27. The number of nitrogens with two attached hydrogens (primary N) is 1. The number of thiazole rings is 1. The number of nitrogens with one attached hydrogen (secondary N) is 1. The van der Waals surface area contributed by atoms with Gasteiger partial charge in [0.1, 0.15) is 0 Å². The lowest BCUT2D eigenvalue weighted by atomic mass is 10.1. The van der Waals surface area contributed by atoms with Crippen molar-refractivity contribution < 1.29 is 9.59 Å². The summed E-state index contributed by atoms with van der Waals surface area (Å²) in [5.74, 6) is 0.842. The third-order valence-corrected chi connectivity index (χ3v) is 4.80. The van der Waals surface area contributed by atoms with Gasteiger partial charge in [-0.3, -0.25) is 9.59 Å². The van der Waals surface area contributed by atoms with Crippen LogP contribution >= 0.6 is 23.1 Å². The van der Waals surface area contributed by atoms with E-state index in [1.54, 1.807) is 0 Å². The van der Waals surface area contributed by atoms with Crippen LogP contribution in [0.2, 0.25) is 0 Å². The van der Waals surface area contributed by atoms with Gasteiger partial charge in [-0.25, -0.2) is 4.98 Å². The van der Waals surface area contributed by atoms with Gasteiger partial charge in [-0.1, -0.05) is 12.8 Å². The van der Waals surface area contributed by atoms with Gasteiger partial charge in [0.2, 0.25) is 11.8 Å². The minimum atomic E-state index is -0.324. The van der Waals surface area contributed by atoms with Crippen molar-refractivity contribution in [2.45, 2.75) is 31.4 Å². The highest BCUT2D eigenvalue weighted by Gasteiger charge is 2.23. The van der Waals surface area contributed by atoms with Crippen LogP contribution in [0.25, 0.3) is 0 Å². The maximum absolute atomic E-state index is 11.9. The Bertz CT molecular complexity index is 456. The van der Waals surface area contributed by atoms with E-state index in [1.165, 1.54) is 23.1 Å². The summed E-state index contributed by atoms with van der Waals surface area (Å²) in [6.07, 6.45) is 4.26. The molecule has 104 valence electrons. The average Bonchev–Trinajstić information content (AvgIpc) is 2.99. The van der Waals surface area contributed by atoms with Crippen LogP contribution in [0.15, 0.2) is 5.38 Å². The van der Waals surface area contributed by atoms with Crippen molar-refractivity contribution in [1.82, 2.24) is 4.98 Å². The number of primary amides is 1. The van der Waals surface area contributed by atoms with E-state index in [9.17, 15) is 9.59 Å². The van der Waals surface area contributed by atoms with Crippen LogP contribution in [0.5, 0.6) is 0 Å². The minimum Gasteiger partial charge on any atom is -0.369 e. The maximum Gasteiger partial charge on any atom is 0.229 e. The van der Waals surface area contributed by atoms with Crippen LogP contribution in [-0.2, 0) is 15.3 Å². The molecule has 0 spiro atoms. The molecule has 2 amide bonds. The number of rotatable bonds is 6. The molecule has 1 fully saturated rings. The second kappa shape index (κ2) is 6.91. The molecule has 0 unspecified atom stereocenters. The van der Waals surface area contributed by atoms with E-state index in [0.29, 0.717) is 16.6 Å². The molecule has 1 aromatic rings. The highest BCUT2D eigenvalue weighted by atomic mass is 32.2. The van der Waals surface area contributed by atoms with Crippen molar-refractivity contribution in [3.8, 4) is 0 Å². The fourth-order valence-electron chi connectivity index (χ4n) is 2.08. The number of hydrogen-bond donors (Lipinski definition) is 2. The fraction of sp³-hybridized carbons (Fsp3) is 0.583. The van der Waals surface area contributed by atoms with Gasteiger partial charge >= 0.3 is 0 Å². The lowest BCUT2D eigenvalue weighted by Crippen LogP contribution is -2.20. The molecule has 19 heavy (non-hydrogen) atoms. The van der Waals surface area contributed by atoms with Gasteiger partial charge in [0.15, 0.2) is 5.13 Å². The molecule has 0 atom stereocenters. The minimum absolute atomic E-state index is 0.0863. The zero-order chi connectivity index (χ0) is 13.7. The maximum atomic E-state index is 11.9. The first-order chi connectivity index (χ1) is 9.15. The molecule has 1 aromatic heterocycles. The van der Waals surface area contributed by atoms with E-state index in [0.717, 1.165) is 31.4 Å². The second-order valence-electron chi connectivity index (χ2n) is 4.57. The Morgan fingerprint density at radius 2 is 2.21 bits per heavy atom. The summed E-state index contributed by atoms with van der Waals surface area (Å²) < 4.78 is 0. The van der Waals surface area contributed by atoms with Crippen molar-refractivity contribution >= 4 is 40.0 Å². The molecule has 3 N–H and O–H groups in total. The van der Waals surface area contributed by atoms with E-state index in [1.807, 2.05) is 5.38 Å². The molecule has 7 heteroatoms. The van der Waals surface area contributed by atoms with E-state index in [2.05, 4.69) is 10.3 Å². The third kappa shape index (κ3) is 4.50. The van der Waals surface area contributed by atoms with Crippen LogP contribution in [-0.4, -0.2) is 22.6 Å². The van der Waals surface area contributed by atoms with E-state index in [4.69, 9.17) is 5.73 Å². The van der Waals surface area contributed by atoms with Crippen LogP contribution in [0.1, 0.15) is 31.4 Å². The first-order valence-corrected chi connectivity index (χ1v) is 8.30. The highest BCUT2D eigenvalue weighted by molar-refractivity contribution is 7.99. The molecule has 0 aromatic carbocycles. The Kier molecular flexibility index (Phi) is 5.21. The quantitative estimate of drug-likeness (QED) is 0.841. The first-order valence-electron chi connectivity index (χ1n) is 6.26. The Balaban J connectivity index is 1.79. The summed E-state index contributed by atoms with van der Waals surface area (Å²) in [7, 11) is 0.